The molecule has 0 fully saturated rings. The molecule has 3 N–H and O–H groups in total. The van der Waals surface area contributed by atoms with E-state index in [0.29, 0.717) is 23.7 Å². The minimum Gasteiger partial charge on any atom is -0.366 e. The minimum atomic E-state index is -0.473. The van der Waals surface area contributed by atoms with Crippen molar-refractivity contribution in [1.82, 2.24) is 10.3 Å². The van der Waals surface area contributed by atoms with Gasteiger partial charge in [0.25, 0.3) is 0 Å². The maximum Gasteiger partial charge on any atom is 0.248 e. The normalized spacial score (nSPS) is 10.6. The lowest BCUT2D eigenvalue weighted by Crippen LogP contribution is -2.14. The average molecular weight is 296 g/mol. The third-order valence-corrected chi connectivity index (χ3v) is 3.91. The molecule has 0 unspecified atom stereocenters. The van der Waals surface area contributed by atoms with E-state index in [0.717, 1.165) is 16.3 Å². The van der Waals surface area contributed by atoms with Crippen molar-refractivity contribution in [3.63, 3.8) is 0 Å². The third kappa shape index (κ3) is 3.76. The van der Waals surface area contributed by atoms with E-state index >= 15 is 0 Å². The zero-order valence-electron chi connectivity index (χ0n) is 10.4. The minimum absolute atomic E-state index is 0.421. The molecule has 0 bridgehead atoms. The van der Waals surface area contributed by atoms with Gasteiger partial charge >= 0.3 is 0 Å². The first-order chi connectivity index (χ1) is 9.06. The lowest BCUT2D eigenvalue weighted by molar-refractivity contribution is 0.100. The van der Waals surface area contributed by atoms with E-state index in [4.69, 9.17) is 17.3 Å². The lowest BCUT2D eigenvalue weighted by Gasteiger charge is -2.06. The van der Waals surface area contributed by atoms with Crippen molar-refractivity contribution >= 4 is 28.8 Å². The number of nitrogens with zero attached hydrogens (tertiary/aromatic N) is 1. The van der Waals surface area contributed by atoms with E-state index in [1.54, 1.807) is 23.5 Å². The zero-order chi connectivity index (χ0) is 13.8. The number of primary amides is 1. The van der Waals surface area contributed by atoms with Crippen LogP contribution < -0.4 is 11.1 Å². The molecule has 0 aliphatic rings. The van der Waals surface area contributed by atoms with Crippen molar-refractivity contribution in [3.8, 4) is 0 Å². The van der Waals surface area contributed by atoms with Crippen LogP contribution in [0.2, 0.25) is 5.02 Å². The largest absolute Gasteiger partial charge is 0.366 e. The van der Waals surface area contributed by atoms with Gasteiger partial charge in [0.2, 0.25) is 5.91 Å². The summed E-state index contributed by atoms with van der Waals surface area (Å²) in [7, 11) is 0. The summed E-state index contributed by atoms with van der Waals surface area (Å²) < 4.78 is 0. The highest BCUT2D eigenvalue weighted by Crippen LogP contribution is 2.18. The second-order valence-electron chi connectivity index (χ2n) is 4.16. The van der Waals surface area contributed by atoms with Crippen LogP contribution in [-0.2, 0) is 13.1 Å². The predicted molar refractivity (Wildman–Crippen MR) is 77.4 cm³/mol. The number of aryl methyl sites for hydroxylation is 1. The molecule has 0 saturated heterocycles. The molecule has 2 rings (SSSR count). The molecule has 0 spiro atoms. The highest BCUT2D eigenvalue weighted by atomic mass is 35.5. The fourth-order valence-electron chi connectivity index (χ4n) is 1.63. The summed E-state index contributed by atoms with van der Waals surface area (Å²) in [5.41, 5.74) is 7.58. The Morgan fingerprint density at radius 2 is 2.26 bits per heavy atom. The molecule has 4 nitrogen and oxygen atoms in total. The third-order valence-electron chi connectivity index (χ3n) is 2.60. The first-order valence-electron chi connectivity index (χ1n) is 5.76. The molecule has 19 heavy (non-hydrogen) atoms. The van der Waals surface area contributed by atoms with E-state index in [9.17, 15) is 4.79 Å². The van der Waals surface area contributed by atoms with Crippen LogP contribution in [0.5, 0.6) is 0 Å². The molecule has 0 aliphatic heterocycles. The number of thiazole rings is 1. The van der Waals surface area contributed by atoms with Gasteiger partial charge in [0.1, 0.15) is 5.01 Å². The van der Waals surface area contributed by atoms with Gasteiger partial charge in [-0.05, 0) is 24.6 Å². The Labute approximate surface area is 120 Å². The molecule has 1 aromatic heterocycles. The number of aromatic nitrogens is 1. The van der Waals surface area contributed by atoms with E-state index < -0.39 is 5.91 Å². The van der Waals surface area contributed by atoms with Crippen LogP contribution in [0.25, 0.3) is 0 Å². The standard InChI is InChI=1S/C13H14ClN3OS/c1-8-7-19-12(17-8)6-16-5-10-3-2-9(13(15)18)4-11(10)14/h2-4,7,16H,5-6H2,1H3,(H2,15,18). The van der Waals surface area contributed by atoms with Crippen molar-refractivity contribution in [2.24, 2.45) is 5.73 Å². The molecule has 1 amide bonds. The van der Waals surface area contributed by atoms with Crippen LogP contribution in [0.4, 0.5) is 0 Å². The van der Waals surface area contributed by atoms with Gasteiger partial charge in [-0.3, -0.25) is 4.79 Å². The Kier molecular flexibility index (Phi) is 4.52. The van der Waals surface area contributed by atoms with Crippen LogP contribution in [0.1, 0.15) is 26.6 Å². The average Bonchev–Trinajstić information content (AvgIpc) is 2.77. The maximum absolute atomic E-state index is 11.0. The summed E-state index contributed by atoms with van der Waals surface area (Å²) in [4.78, 5) is 15.4. The SMILES string of the molecule is Cc1csc(CNCc2ccc(C(N)=O)cc2Cl)n1. The maximum atomic E-state index is 11.0. The Morgan fingerprint density at radius 3 is 2.84 bits per heavy atom. The quantitative estimate of drug-likeness (QED) is 0.890. The van der Waals surface area contributed by atoms with Gasteiger partial charge in [-0.25, -0.2) is 4.98 Å². The van der Waals surface area contributed by atoms with Gasteiger partial charge < -0.3 is 11.1 Å². The molecular formula is C13H14ClN3OS. The van der Waals surface area contributed by atoms with Crippen LogP contribution in [-0.4, -0.2) is 10.9 Å². The summed E-state index contributed by atoms with van der Waals surface area (Å²) in [6, 6.07) is 5.08. The van der Waals surface area contributed by atoms with Crippen molar-refractivity contribution in [2.45, 2.75) is 20.0 Å². The van der Waals surface area contributed by atoms with E-state index in [2.05, 4.69) is 10.3 Å². The second-order valence-corrected chi connectivity index (χ2v) is 5.51. The fraction of sp³-hybridized carbons (Fsp3) is 0.231. The molecule has 0 aliphatic carbocycles. The number of carbonyl (C=O) groups is 1. The number of carbonyl (C=O) groups excluding carboxylic acids is 1. The first-order valence-corrected chi connectivity index (χ1v) is 7.02. The number of benzene rings is 1. The summed E-state index contributed by atoms with van der Waals surface area (Å²) >= 11 is 7.73. The second kappa shape index (κ2) is 6.14. The van der Waals surface area contributed by atoms with Gasteiger partial charge in [-0.2, -0.15) is 0 Å². The number of hydrogen-bond donors (Lipinski definition) is 2. The number of nitrogens with two attached hydrogens (primary N) is 1. The first kappa shape index (κ1) is 14.0. The van der Waals surface area contributed by atoms with Crippen molar-refractivity contribution in [1.29, 1.82) is 0 Å². The van der Waals surface area contributed by atoms with Crippen LogP contribution in [0.3, 0.4) is 0 Å². The number of hydrogen-bond acceptors (Lipinski definition) is 4. The Morgan fingerprint density at radius 1 is 1.47 bits per heavy atom. The van der Waals surface area contributed by atoms with Gasteiger partial charge in [0.05, 0.1) is 0 Å². The van der Waals surface area contributed by atoms with Gasteiger partial charge in [-0.1, -0.05) is 17.7 Å². The fourth-order valence-corrected chi connectivity index (χ4v) is 2.62. The van der Waals surface area contributed by atoms with Gasteiger partial charge in [-0.15, -0.1) is 11.3 Å². The molecule has 6 heteroatoms. The van der Waals surface area contributed by atoms with Crippen LogP contribution in [0, 0.1) is 6.92 Å². The van der Waals surface area contributed by atoms with Crippen LogP contribution >= 0.6 is 22.9 Å². The van der Waals surface area contributed by atoms with E-state index in [1.807, 2.05) is 18.4 Å². The lowest BCUT2D eigenvalue weighted by atomic mass is 10.1. The molecule has 0 saturated carbocycles. The smallest absolute Gasteiger partial charge is 0.248 e. The summed E-state index contributed by atoms with van der Waals surface area (Å²) in [5.74, 6) is -0.473. The van der Waals surface area contributed by atoms with E-state index in [1.165, 1.54) is 0 Å². The summed E-state index contributed by atoms with van der Waals surface area (Å²) in [5, 5.41) is 6.87. The molecular weight excluding hydrogens is 282 g/mol. The Balaban J connectivity index is 1.94. The monoisotopic (exact) mass is 295 g/mol. The highest BCUT2D eigenvalue weighted by molar-refractivity contribution is 7.09. The molecule has 0 radical (unpaired) electrons. The zero-order valence-corrected chi connectivity index (χ0v) is 12.0. The van der Waals surface area contributed by atoms with Crippen LogP contribution in [0.15, 0.2) is 23.6 Å². The molecule has 100 valence electrons. The summed E-state index contributed by atoms with van der Waals surface area (Å²) in [6.45, 7) is 3.29. The van der Waals surface area contributed by atoms with Crippen molar-refractivity contribution < 1.29 is 4.79 Å². The Bertz CT molecular complexity index is 597. The number of amides is 1. The molecule has 1 aromatic carbocycles. The van der Waals surface area contributed by atoms with Crippen molar-refractivity contribution in [3.05, 3.63) is 50.4 Å². The molecule has 1 heterocycles. The number of halogens is 1. The van der Waals surface area contributed by atoms with Crippen molar-refractivity contribution in [2.75, 3.05) is 0 Å². The topological polar surface area (TPSA) is 68.0 Å². The molecule has 0 atom stereocenters. The number of rotatable bonds is 5. The van der Waals surface area contributed by atoms with E-state index in [-0.39, 0.29) is 0 Å². The number of nitrogens with one attached hydrogen (secondary N) is 1. The van der Waals surface area contributed by atoms with Gasteiger partial charge in [0.15, 0.2) is 0 Å². The Hall–Kier alpha value is -1.43. The predicted octanol–water partition coefficient (Wildman–Crippen LogP) is 2.49. The summed E-state index contributed by atoms with van der Waals surface area (Å²) in [6.07, 6.45) is 0. The molecule has 2 aromatic rings. The highest BCUT2D eigenvalue weighted by Gasteiger charge is 2.06. The van der Waals surface area contributed by atoms with Gasteiger partial charge in [0, 0.05) is 34.7 Å².